The minimum atomic E-state index is -0.353. The lowest BCUT2D eigenvalue weighted by atomic mass is 9.99. The molecule has 3 N–H and O–H groups in total. The summed E-state index contributed by atoms with van der Waals surface area (Å²) in [7, 11) is 0. The molecule has 0 saturated heterocycles. The van der Waals surface area contributed by atoms with Crippen LogP contribution >= 0.6 is 12.6 Å². The summed E-state index contributed by atoms with van der Waals surface area (Å²) in [6.45, 7) is 14.7. The maximum atomic E-state index is 13.1. The van der Waals surface area contributed by atoms with Gasteiger partial charge in [0.2, 0.25) is 0 Å². The second-order valence-electron chi connectivity index (χ2n) is 11.4. The highest BCUT2D eigenvalue weighted by atomic mass is 32.1. The van der Waals surface area contributed by atoms with Crippen LogP contribution < -0.4 is 10.6 Å². The van der Waals surface area contributed by atoms with Crippen molar-refractivity contribution in [1.82, 2.24) is 10.2 Å². The molecule has 3 aromatic rings. The number of nitrogens with zero attached hydrogens (tertiary/aromatic N) is 1. The Bertz CT molecular complexity index is 1400. The van der Waals surface area contributed by atoms with Gasteiger partial charge in [-0.1, -0.05) is 89.1 Å². The molecule has 0 heterocycles. The van der Waals surface area contributed by atoms with E-state index in [2.05, 4.69) is 55.9 Å². The Labute approximate surface area is 282 Å². The van der Waals surface area contributed by atoms with Gasteiger partial charge in [0.05, 0.1) is 5.69 Å². The molecule has 0 fully saturated rings. The number of hydrogen-bond acceptors (Lipinski definition) is 5. The Morgan fingerprint density at radius 1 is 0.804 bits per heavy atom. The summed E-state index contributed by atoms with van der Waals surface area (Å²) in [5.41, 5.74) is 4.45. The molecular weight excluding hydrogens is 591 g/mol. The van der Waals surface area contributed by atoms with E-state index in [1.54, 1.807) is 29.7 Å². The number of phenols is 1. The van der Waals surface area contributed by atoms with Crippen molar-refractivity contribution in [3.05, 3.63) is 107 Å². The second-order valence-corrected chi connectivity index (χ2v) is 11.7. The molecule has 0 aliphatic rings. The molecule has 248 valence electrons. The summed E-state index contributed by atoms with van der Waals surface area (Å²) in [6.07, 6.45) is 9.80. The number of carbonyl (C=O) groups excluding carboxylic acids is 2. The van der Waals surface area contributed by atoms with E-state index in [-0.39, 0.29) is 28.8 Å². The molecule has 0 aliphatic heterocycles. The van der Waals surface area contributed by atoms with Gasteiger partial charge in [-0.2, -0.15) is 12.6 Å². The Hall–Kier alpha value is -3.81. The van der Waals surface area contributed by atoms with Crippen molar-refractivity contribution < 1.29 is 14.7 Å². The fourth-order valence-corrected chi connectivity index (χ4v) is 5.29. The molecule has 0 atom stereocenters. The first kappa shape index (κ1) is 38.4. The summed E-state index contributed by atoms with van der Waals surface area (Å²) in [5, 5.41) is 17.8. The van der Waals surface area contributed by atoms with E-state index in [0.717, 1.165) is 42.4 Å². The molecule has 2 amide bonds. The molecular formula is C39H53N3O3S. The van der Waals surface area contributed by atoms with Gasteiger partial charge in [0, 0.05) is 16.8 Å². The molecule has 0 saturated carbocycles. The SMILES string of the molecule is CCCCC/C(C)=C(/C=C\S)NC(=O)c1ccc(NC(=O)c2ccccc2-c2ccccc2)c(O)c1.CCCN(CCC)CCC. The third kappa shape index (κ3) is 12.9. The van der Waals surface area contributed by atoms with Gasteiger partial charge in [0.1, 0.15) is 5.75 Å². The summed E-state index contributed by atoms with van der Waals surface area (Å²) < 4.78 is 0. The smallest absolute Gasteiger partial charge is 0.256 e. The molecule has 0 radical (unpaired) electrons. The molecule has 3 rings (SSSR count). The summed E-state index contributed by atoms with van der Waals surface area (Å²) in [6, 6.07) is 21.4. The van der Waals surface area contributed by atoms with Crippen LogP contribution in [-0.2, 0) is 0 Å². The molecule has 3 aromatic carbocycles. The second kappa shape index (κ2) is 21.8. The highest BCUT2D eigenvalue weighted by Crippen LogP contribution is 2.28. The predicted molar refractivity (Wildman–Crippen MR) is 198 cm³/mol. The zero-order chi connectivity index (χ0) is 33.7. The Balaban J connectivity index is 0.000000634. The fraction of sp³-hybridized carbons (Fsp3) is 0.385. The molecule has 0 unspecified atom stereocenters. The van der Waals surface area contributed by atoms with Gasteiger partial charge in [-0.25, -0.2) is 0 Å². The lowest BCUT2D eigenvalue weighted by molar-refractivity contribution is 0.0965. The first-order valence-corrected chi connectivity index (χ1v) is 17.1. The van der Waals surface area contributed by atoms with Crippen molar-refractivity contribution in [1.29, 1.82) is 0 Å². The van der Waals surface area contributed by atoms with Gasteiger partial charge in [0.25, 0.3) is 11.8 Å². The normalized spacial score (nSPS) is 11.5. The summed E-state index contributed by atoms with van der Waals surface area (Å²) in [5.74, 6) is -0.897. The number of anilines is 1. The minimum absolute atomic E-state index is 0.192. The van der Waals surface area contributed by atoms with Crippen molar-refractivity contribution >= 4 is 30.1 Å². The van der Waals surface area contributed by atoms with Gasteiger partial charge < -0.3 is 20.6 Å². The summed E-state index contributed by atoms with van der Waals surface area (Å²) >= 11 is 4.15. The highest BCUT2D eigenvalue weighted by Gasteiger charge is 2.16. The van der Waals surface area contributed by atoms with Gasteiger partial charge in [-0.05, 0) is 111 Å². The Morgan fingerprint density at radius 3 is 2.02 bits per heavy atom. The van der Waals surface area contributed by atoms with Gasteiger partial charge in [0.15, 0.2) is 0 Å². The summed E-state index contributed by atoms with van der Waals surface area (Å²) in [4.78, 5) is 28.5. The van der Waals surface area contributed by atoms with E-state index >= 15 is 0 Å². The van der Waals surface area contributed by atoms with Crippen LogP contribution in [0, 0.1) is 0 Å². The van der Waals surface area contributed by atoms with E-state index in [1.165, 1.54) is 51.0 Å². The number of unbranched alkanes of at least 4 members (excludes halogenated alkanes) is 2. The Morgan fingerprint density at radius 2 is 1.43 bits per heavy atom. The predicted octanol–water partition coefficient (Wildman–Crippen LogP) is 9.86. The van der Waals surface area contributed by atoms with E-state index in [1.807, 2.05) is 49.4 Å². The van der Waals surface area contributed by atoms with Crippen LogP contribution in [-0.4, -0.2) is 41.5 Å². The van der Waals surface area contributed by atoms with Crippen LogP contribution in [0.5, 0.6) is 5.75 Å². The monoisotopic (exact) mass is 643 g/mol. The largest absolute Gasteiger partial charge is 0.506 e. The third-order valence-electron chi connectivity index (χ3n) is 7.49. The average Bonchev–Trinajstić information content (AvgIpc) is 3.06. The lowest BCUT2D eigenvalue weighted by Crippen LogP contribution is -2.25. The average molecular weight is 644 g/mol. The molecule has 0 aliphatic carbocycles. The third-order valence-corrected chi connectivity index (χ3v) is 7.64. The van der Waals surface area contributed by atoms with Crippen LogP contribution in [0.1, 0.15) is 100 Å². The van der Waals surface area contributed by atoms with E-state index in [4.69, 9.17) is 0 Å². The minimum Gasteiger partial charge on any atom is -0.506 e. The van der Waals surface area contributed by atoms with Crippen molar-refractivity contribution in [2.24, 2.45) is 0 Å². The van der Waals surface area contributed by atoms with Crippen molar-refractivity contribution in [3.63, 3.8) is 0 Å². The fourth-order valence-electron chi connectivity index (χ4n) is 5.14. The Kier molecular flexibility index (Phi) is 18.2. The molecule has 6 nitrogen and oxygen atoms in total. The van der Waals surface area contributed by atoms with E-state index in [9.17, 15) is 14.7 Å². The number of benzene rings is 3. The van der Waals surface area contributed by atoms with Crippen LogP contribution in [0.4, 0.5) is 5.69 Å². The number of allylic oxidation sites excluding steroid dienone is 2. The first-order valence-electron chi connectivity index (χ1n) is 16.6. The zero-order valence-corrected chi connectivity index (χ0v) is 29.2. The molecule has 0 aromatic heterocycles. The number of nitrogens with one attached hydrogen (secondary N) is 2. The van der Waals surface area contributed by atoms with Crippen molar-refractivity contribution in [2.45, 2.75) is 79.6 Å². The van der Waals surface area contributed by atoms with Crippen LogP contribution in [0.2, 0.25) is 0 Å². The number of thiol groups is 1. The molecule has 0 spiro atoms. The van der Waals surface area contributed by atoms with Crippen molar-refractivity contribution in [3.8, 4) is 16.9 Å². The van der Waals surface area contributed by atoms with E-state index < -0.39 is 0 Å². The maximum absolute atomic E-state index is 13.1. The number of rotatable bonds is 16. The molecule has 0 bridgehead atoms. The standard InChI is InChI=1S/C30H32N2O3S.C9H21N/c1-3-4-6-11-21(2)26(18-19-36)31-29(34)23-16-17-27(28(33)20-23)32-30(35)25-15-10-9-14-24(25)22-12-7-5-8-13-22;1-4-7-10(8-5-2)9-6-3/h5,7-10,12-20,33,36H,3-4,6,11H2,1-2H3,(H,31,34)(H,32,35);4-9H2,1-3H3/b19-18-,26-21-;. The number of amides is 2. The van der Waals surface area contributed by atoms with Crippen LogP contribution in [0.15, 0.2) is 95.6 Å². The van der Waals surface area contributed by atoms with Crippen LogP contribution in [0.25, 0.3) is 11.1 Å². The van der Waals surface area contributed by atoms with Crippen molar-refractivity contribution in [2.75, 3.05) is 25.0 Å². The van der Waals surface area contributed by atoms with Crippen LogP contribution in [0.3, 0.4) is 0 Å². The topological polar surface area (TPSA) is 81.7 Å². The number of carbonyl (C=O) groups is 2. The maximum Gasteiger partial charge on any atom is 0.256 e. The number of hydrogen-bond donors (Lipinski definition) is 4. The zero-order valence-electron chi connectivity index (χ0n) is 28.3. The van der Waals surface area contributed by atoms with E-state index in [0.29, 0.717) is 11.3 Å². The van der Waals surface area contributed by atoms with Gasteiger partial charge in [-0.3, -0.25) is 9.59 Å². The lowest BCUT2D eigenvalue weighted by Gasteiger charge is -2.19. The number of aromatic hydroxyl groups is 1. The highest BCUT2D eigenvalue weighted by molar-refractivity contribution is 7.83. The number of phenolic OH excluding ortho intramolecular Hbond substituents is 1. The quantitative estimate of drug-likeness (QED) is 0.0542. The first-order chi connectivity index (χ1) is 22.3. The van der Waals surface area contributed by atoms with Gasteiger partial charge in [-0.15, -0.1) is 0 Å². The van der Waals surface area contributed by atoms with Gasteiger partial charge >= 0.3 is 0 Å². The molecule has 46 heavy (non-hydrogen) atoms. The molecule has 7 heteroatoms.